The molecule has 2 aliphatic rings. The predicted octanol–water partition coefficient (Wildman–Crippen LogP) is 16.0. The van der Waals surface area contributed by atoms with E-state index in [1.165, 1.54) is 103 Å². The lowest BCUT2D eigenvalue weighted by atomic mass is 9.89. The van der Waals surface area contributed by atoms with E-state index in [2.05, 4.69) is 44.6 Å². The number of ketones is 1. The van der Waals surface area contributed by atoms with Crippen LogP contribution in [0.25, 0.3) is 0 Å². The maximum Gasteiger partial charge on any atom is 0.475 e. The number of carbonyl (C=O) groups is 3. The van der Waals surface area contributed by atoms with Gasteiger partial charge in [0.2, 0.25) is 28.2 Å². The summed E-state index contributed by atoms with van der Waals surface area (Å²) in [5, 5.41) is 23.7. The van der Waals surface area contributed by atoms with E-state index in [0.717, 1.165) is 70.6 Å². The molecule has 2 rings (SSSR count). The minimum absolute atomic E-state index is 0.0363. The van der Waals surface area contributed by atoms with Gasteiger partial charge >= 0.3 is 13.9 Å². The van der Waals surface area contributed by atoms with E-state index in [4.69, 9.17) is 131 Å². The first-order valence-electron chi connectivity index (χ1n) is 32.4. The van der Waals surface area contributed by atoms with Crippen LogP contribution in [0.3, 0.4) is 0 Å². The lowest BCUT2D eigenvalue weighted by Gasteiger charge is -2.46. The van der Waals surface area contributed by atoms with Crippen LogP contribution >= 0.6 is 77.4 Å². The molecule has 0 bridgehead atoms. The molecule has 11 atom stereocenters. The number of ether oxygens (including phenoxy) is 9. The maximum absolute atomic E-state index is 13.8. The van der Waals surface area contributed by atoms with Gasteiger partial charge in [-0.2, -0.15) is 0 Å². The van der Waals surface area contributed by atoms with Crippen molar-refractivity contribution in [3.05, 3.63) is 37.6 Å². The van der Waals surface area contributed by atoms with Gasteiger partial charge in [0.1, 0.15) is 42.8 Å². The Morgan fingerprint density at radius 1 is 0.689 bits per heavy atom. The number of alkyl halides is 6. The number of nitrogens with one attached hydrogen (secondary N) is 3. The second-order valence-electron chi connectivity index (χ2n) is 22.6. The van der Waals surface area contributed by atoms with Crippen LogP contribution in [0.5, 0.6) is 0 Å². The summed E-state index contributed by atoms with van der Waals surface area (Å²) in [5.74, 6) is -1.37. The third-order valence-electron chi connectivity index (χ3n) is 14.9. The van der Waals surface area contributed by atoms with Gasteiger partial charge in [0.05, 0.1) is 57.4 Å². The molecule has 20 nitrogen and oxygen atoms in total. The molecule has 0 saturated carbocycles. The maximum atomic E-state index is 13.8. The van der Waals surface area contributed by atoms with Crippen LogP contribution < -0.4 is 10.6 Å². The Labute approximate surface area is 568 Å². The van der Waals surface area contributed by atoms with Gasteiger partial charge in [0.15, 0.2) is 0 Å². The summed E-state index contributed by atoms with van der Waals surface area (Å²) in [6.07, 6.45) is 24.9. The molecule has 4 N–H and O–H groups in total. The molecule has 90 heavy (non-hydrogen) atoms. The van der Waals surface area contributed by atoms with Crippen molar-refractivity contribution in [1.29, 1.82) is 5.41 Å². The Bertz CT molecular complexity index is 2000. The summed E-state index contributed by atoms with van der Waals surface area (Å²) >= 11 is 35.0. The van der Waals surface area contributed by atoms with Crippen LogP contribution in [0.15, 0.2) is 37.6 Å². The number of phosphoric ester groups is 1. The number of hydrogen-bond acceptors (Lipinski definition) is 18. The van der Waals surface area contributed by atoms with E-state index in [0.29, 0.717) is 19.4 Å². The third-order valence-corrected chi connectivity index (χ3v) is 17.2. The lowest BCUT2D eigenvalue weighted by Crippen LogP contribution is -2.66. The zero-order valence-corrected chi connectivity index (χ0v) is 60.0. The monoisotopic (exact) mass is 1420 g/mol. The van der Waals surface area contributed by atoms with Crippen molar-refractivity contribution in [3.8, 4) is 0 Å². The number of carbonyl (C=O) groups excluding carboxylic acids is 3. The molecule has 526 valence electrons. The molecular formula is C63H110Cl6N3O17P. The molecular weight excluding hydrogens is 1310 g/mol. The molecule has 2 heterocycles. The summed E-state index contributed by atoms with van der Waals surface area (Å²) < 4.78 is 78.7. The second kappa shape index (κ2) is 51.7. The number of rotatable bonds is 50. The molecule has 0 aromatic rings. The predicted molar refractivity (Wildman–Crippen MR) is 358 cm³/mol. The molecule has 0 aromatic carbocycles. The molecule has 2 fully saturated rings. The molecule has 2 saturated heterocycles. The highest BCUT2D eigenvalue weighted by Crippen LogP contribution is 2.53. The van der Waals surface area contributed by atoms with Crippen molar-refractivity contribution in [2.24, 2.45) is 5.92 Å². The van der Waals surface area contributed by atoms with Gasteiger partial charge in [0, 0.05) is 39.8 Å². The second-order valence-corrected chi connectivity index (χ2v) is 29.0. The van der Waals surface area contributed by atoms with Gasteiger partial charge in [-0.05, 0) is 32.6 Å². The van der Waals surface area contributed by atoms with Crippen molar-refractivity contribution < 1.29 is 80.3 Å². The van der Waals surface area contributed by atoms with Gasteiger partial charge in [-0.1, -0.05) is 244 Å². The number of aliphatic hydroxyl groups excluding tert-OH is 1. The highest BCUT2D eigenvalue weighted by molar-refractivity contribution is 7.48. The van der Waals surface area contributed by atoms with Crippen molar-refractivity contribution in [1.82, 2.24) is 10.6 Å². The number of phosphoric acid groups is 1. The van der Waals surface area contributed by atoms with E-state index >= 15 is 0 Å². The molecule has 0 radical (unpaired) electrons. The Morgan fingerprint density at radius 2 is 1.21 bits per heavy atom. The first kappa shape index (κ1) is 86.5. The Hall–Kier alpha value is -1.53. The summed E-state index contributed by atoms with van der Waals surface area (Å²) in [4.78, 5) is 38.5. The number of Topliss-reactive ketones (excluding diaryl/α,β-unsaturated/α-hetero) is 1. The normalized spacial score (nSPS) is 22.5. The van der Waals surface area contributed by atoms with E-state index in [-0.39, 0.29) is 63.2 Å². The van der Waals surface area contributed by atoms with Crippen LogP contribution in [0.2, 0.25) is 0 Å². The van der Waals surface area contributed by atoms with E-state index in [1.54, 1.807) is 13.2 Å². The van der Waals surface area contributed by atoms with Crippen LogP contribution in [0.1, 0.15) is 202 Å². The van der Waals surface area contributed by atoms with Crippen molar-refractivity contribution in [2.45, 2.75) is 270 Å². The Balaban J connectivity index is 0.000000914. The lowest BCUT2D eigenvalue weighted by molar-refractivity contribution is -0.256. The van der Waals surface area contributed by atoms with Gasteiger partial charge < -0.3 is 58.4 Å². The average molecular weight is 1430 g/mol. The molecule has 2 unspecified atom stereocenters. The fraction of sp³-hybridized carbons (Fsp3) is 0.841. The number of alkyl carbamates (subject to hydrolysis) is 1. The smallest absolute Gasteiger partial charge is 0.471 e. The summed E-state index contributed by atoms with van der Waals surface area (Å²) in [5.41, 5.74) is 0. The molecule has 2 aliphatic heterocycles. The SMILES string of the molecule is C/C=C\O[C@H]1O[C@H](CO)C(C)[C@H](OCCCCCCCCCC)[C@H]1NC(=O)CC(=O)CCCCCCCCCCC.C=CCOP(=O)(OCC=C)O[C@H]1[C@H](OCC[C@@H](CCCCCCC)OC)[C@@H](NC(=O)OCC(Cl)(Cl)Cl)C(OC(=N)C(Cl)(Cl)Cl)O[C@@H]1COC. The average Bonchev–Trinajstić information content (AvgIpc) is 0.821. The third kappa shape index (κ3) is 38.9. The minimum atomic E-state index is -4.40. The largest absolute Gasteiger partial charge is 0.475 e. The van der Waals surface area contributed by atoms with E-state index in [9.17, 15) is 24.1 Å². The number of aliphatic hydroxyl groups is 1. The van der Waals surface area contributed by atoms with Crippen molar-refractivity contribution in [3.63, 3.8) is 0 Å². The Kier molecular flexibility index (Phi) is 49.7. The topological polar surface area (TPSA) is 247 Å². The fourth-order valence-electron chi connectivity index (χ4n) is 10.1. The number of unbranched alkanes of at least 4 members (excludes halogenated alkanes) is 19. The van der Waals surface area contributed by atoms with Gasteiger partial charge in [-0.3, -0.25) is 28.6 Å². The molecule has 0 spiro atoms. The number of allylic oxidation sites excluding steroid dienone is 1. The van der Waals surface area contributed by atoms with Crippen LogP contribution in [0.4, 0.5) is 4.79 Å². The number of hydrogen-bond donors (Lipinski definition) is 4. The Morgan fingerprint density at radius 3 is 1.72 bits per heavy atom. The van der Waals surface area contributed by atoms with Gasteiger partial charge in [0.25, 0.3) is 3.79 Å². The van der Waals surface area contributed by atoms with Crippen LogP contribution in [-0.2, 0) is 70.4 Å². The van der Waals surface area contributed by atoms with Crippen LogP contribution in [0, 0.1) is 11.3 Å². The fourth-order valence-corrected chi connectivity index (χ4v) is 11.7. The van der Waals surface area contributed by atoms with Crippen molar-refractivity contribution in [2.75, 3.05) is 60.5 Å². The highest BCUT2D eigenvalue weighted by Gasteiger charge is 2.54. The quantitative estimate of drug-likeness (QED) is 0.00646. The molecule has 0 aliphatic carbocycles. The minimum Gasteiger partial charge on any atom is -0.471 e. The zero-order chi connectivity index (χ0) is 67.2. The van der Waals surface area contributed by atoms with E-state index in [1.807, 2.05) is 13.8 Å². The highest BCUT2D eigenvalue weighted by atomic mass is 35.6. The zero-order valence-electron chi connectivity index (χ0n) is 54.6. The number of amides is 2. The number of methoxy groups -OCH3 is 2. The summed E-state index contributed by atoms with van der Waals surface area (Å²) in [7, 11) is -1.42. The van der Waals surface area contributed by atoms with Gasteiger partial charge in [-0.25, -0.2) is 9.36 Å². The molecule has 27 heteroatoms. The van der Waals surface area contributed by atoms with Gasteiger partial charge in [-0.15, -0.1) is 13.2 Å². The molecule has 2 amide bonds. The summed E-state index contributed by atoms with van der Waals surface area (Å²) in [6.45, 7) is 16.7. The van der Waals surface area contributed by atoms with Crippen molar-refractivity contribution >= 4 is 101 Å². The summed E-state index contributed by atoms with van der Waals surface area (Å²) in [6, 6.07) is -1.98. The van der Waals surface area contributed by atoms with E-state index < -0.39 is 89.2 Å². The molecule has 0 aromatic heterocycles. The first-order valence-corrected chi connectivity index (χ1v) is 36.1. The standard InChI is InChI=1S/C34H63NO6.C29H47Cl6N2O11P/c1-5-8-10-12-14-16-17-19-21-23-29(37)26-31(38)35-32-33(39-25-22-20-18-15-13-11-9-6-2)28(4)30(27-36)41-34(32)40-24-7-3;1-6-9-10-11-12-13-20(41-5)14-17-42-24-22(37-27(38)43-19-28(30,31)32)25(47-26(36)29(33,34)35)46-21(18-40-4)23(24)48-49(39,44-15-7-2)45-16-8-3/h7,24,28,30,32-34,36H,5-6,8-23,25-27H2,1-4H3,(H,35,38);7-8,20-25,36H,2-3,6,9-19H2,1,4-5H3,(H,37,38)/b24-7-;/t28?,30-,32-,33+,34+;20-,21-,22-,23-,24-,25?/m11/s1. The first-order chi connectivity index (χ1) is 43.0. The number of halogens is 6. The van der Waals surface area contributed by atoms with Crippen LogP contribution in [-0.4, -0.2) is 158 Å².